The van der Waals surface area contributed by atoms with Gasteiger partial charge in [0.1, 0.15) is 0 Å². The van der Waals surface area contributed by atoms with E-state index in [1.165, 1.54) is 0 Å². The number of hydrogen-bond donors (Lipinski definition) is 0. The maximum Gasteiger partial charge on any atom is 1.00 e. The first-order valence-electron chi connectivity index (χ1n) is 5.37. The van der Waals surface area contributed by atoms with Crippen LogP contribution in [0.3, 0.4) is 0 Å². The summed E-state index contributed by atoms with van der Waals surface area (Å²) in [5, 5.41) is 21.8. The fraction of sp³-hybridized carbons (Fsp3) is 0.818. The summed E-state index contributed by atoms with van der Waals surface area (Å²) < 4.78 is 0. The molecule has 3 unspecified atom stereocenters. The summed E-state index contributed by atoms with van der Waals surface area (Å²) in [5.74, 6) is -4.21. The van der Waals surface area contributed by atoms with Crippen molar-refractivity contribution in [2.24, 2.45) is 23.7 Å². The molecule has 4 nitrogen and oxygen atoms in total. The van der Waals surface area contributed by atoms with Crippen LogP contribution in [0.4, 0.5) is 0 Å². The molecule has 0 radical (unpaired) electrons. The Kier molecular flexibility index (Phi) is 10.7. The molecule has 0 aromatic carbocycles. The van der Waals surface area contributed by atoms with Crippen molar-refractivity contribution in [1.29, 1.82) is 0 Å². The quantitative estimate of drug-likeness (QED) is 0.471. The fourth-order valence-corrected chi connectivity index (χ4v) is 2.58. The Morgan fingerprint density at radius 1 is 1.06 bits per heavy atom. The molecule has 1 fully saturated rings. The molecule has 0 amide bonds. The van der Waals surface area contributed by atoms with E-state index in [4.69, 9.17) is 0 Å². The van der Waals surface area contributed by atoms with Gasteiger partial charge in [0, 0.05) is 23.8 Å². The van der Waals surface area contributed by atoms with Crippen molar-refractivity contribution >= 4 is 11.9 Å². The molecule has 0 aromatic heterocycles. The Morgan fingerprint density at radius 2 is 1.59 bits per heavy atom. The third kappa shape index (κ3) is 5.21. The zero-order chi connectivity index (χ0) is 11.6. The predicted octanol–water partition coefficient (Wildman–Crippen LogP) is -6.82. The van der Waals surface area contributed by atoms with E-state index in [1.807, 2.05) is 13.8 Å². The summed E-state index contributed by atoms with van der Waals surface area (Å²) >= 11 is 0. The third-order valence-corrected chi connectivity index (χ3v) is 3.38. The van der Waals surface area contributed by atoms with E-state index in [1.54, 1.807) is 0 Å². The van der Waals surface area contributed by atoms with Crippen LogP contribution in [-0.2, 0) is 9.59 Å². The molecule has 0 aromatic rings. The van der Waals surface area contributed by atoms with Gasteiger partial charge in [0.15, 0.2) is 0 Å². The van der Waals surface area contributed by atoms with Crippen molar-refractivity contribution in [2.45, 2.75) is 33.1 Å². The summed E-state index contributed by atoms with van der Waals surface area (Å²) in [6.45, 7) is 3.83. The van der Waals surface area contributed by atoms with Crippen LogP contribution in [0, 0.1) is 23.7 Å². The number of rotatable bonds is 3. The summed E-state index contributed by atoms with van der Waals surface area (Å²) in [6, 6.07) is 0. The molecule has 17 heavy (non-hydrogen) atoms. The largest absolute Gasteiger partial charge is 1.00 e. The monoisotopic (exact) mass is 258 g/mol. The molecular formula is C11H16Na2O4. The van der Waals surface area contributed by atoms with Crippen molar-refractivity contribution in [3.05, 3.63) is 0 Å². The minimum Gasteiger partial charge on any atom is -0.550 e. The molecule has 1 saturated carbocycles. The van der Waals surface area contributed by atoms with Crippen LogP contribution >= 0.6 is 0 Å². The molecule has 0 saturated heterocycles. The second kappa shape index (κ2) is 8.94. The number of carboxylic acid groups (broad SMARTS) is 2. The van der Waals surface area contributed by atoms with Gasteiger partial charge in [-0.2, -0.15) is 0 Å². The van der Waals surface area contributed by atoms with Crippen molar-refractivity contribution in [3.8, 4) is 0 Å². The third-order valence-electron chi connectivity index (χ3n) is 3.38. The summed E-state index contributed by atoms with van der Waals surface area (Å²) in [5.41, 5.74) is 0. The van der Waals surface area contributed by atoms with E-state index in [9.17, 15) is 19.8 Å². The van der Waals surface area contributed by atoms with Gasteiger partial charge in [-0.1, -0.05) is 20.3 Å². The summed E-state index contributed by atoms with van der Waals surface area (Å²) in [4.78, 5) is 21.8. The van der Waals surface area contributed by atoms with Gasteiger partial charge in [-0.3, -0.25) is 0 Å². The molecular weight excluding hydrogens is 242 g/mol. The van der Waals surface area contributed by atoms with Crippen LogP contribution < -0.4 is 69.3 Å². The molecule has 1 rings (SSSR count). The Labute approximate surface area is 146 Å². The van der Waals surface area contributed by atoms with E-state index in [-0.39, 0.29) is 71.0 Å². The minimum absolute atomic E-state index is 0. The van der Waals surface area contributed by atoms with Gasteiger partial charge < -0.3 is 19.8 Å². The van der Waals surface area contributed by atoms with Gasteiger partial charge in [-0.25, -0.2) is 0 Å². The van der Waals surface area contributed by atoms with Gasteiger partial charge in [0.25, 0.3) is 0 Å². The first kappa shape index (κ1) is 20.3. The van der Waals surface area contributed by atoms with Gasteiger partial charge in [0.2, 0.25) is 0 Å². The van der Waals surface area contributed by atoms with E-state index < -0.39 is 23.8 Å². The van der Waals surface area contributed by atoms with Crippen LogP contribution in [0.25, 0.3) is 0 Å². The van der Waals surface area contributed by atoms with Crippen molar-refractivity contribution < 1.29 is 78.9 Å². The van der Waals surface area contributed by atoms with Crippen molar-refractivity contribution in [2.75, 3.05) is 0 Å². The Morgan fingerprint density at radius 3 is 1.94 bits per heavy atom. The van der Waals surface area contributed by atoms with Gasteiger partial charge in [-0.05, 0) is 24.7 Å². The van der Waals surface area contributed by atoms with Crippen molar-refractivity contribution in [1.82, 2.24) is 0 Å². The Balaban J connectivity index is 0. The van der Waals surface area contributed by atoms with E-state index in [0.717, 1.165) is 12.8 Å². The van der Waals surface area contributed by atoms with Crippen LogP contribution in [0.1, 0.15) is 33.1 Å². The topological polar surface area (TPSA) is 80.3 Å². The number of carboxylic acids is 2. The Hall–Kier alpha value is 0.940. The summed E-state index contributed by atoms with van der Waals surface area (Å²) in [7, 11) is 0. The predicted molar refractivity (Wildman–Crippen MR) is 49.2 cm³/mol. The van der Waals surface area contributed by atoms with E-state index in [0.29, 0.717) is 6.42 Å². The SMILES string of the molecule is CC(C)C1CCCC(C(=O)[O-])C1C(=O)[O-].[Na+].[Na+]. The molecule has 1 aliphatic rings. The second-order valence-electron chi connectivity index (χ2n) is 4.61. The van der Waals surface area contributed by atoms with Crippen LogP contribution in [0.5, 0.6) is 0 Å². The molecule has 0 aliphatic heterocycles. The smallest absolute Gasteiger partial charge is 0.550 e. The molecule has 0 bridgehead atoms. The molecule has 3 atom stereocenters. The number of hydrogen-bond acceptors (Lipinski definition) is 4. The van der Waals surface area contributed by atoms with E-state index in [2.05, 4.69) is 0 Å². The number of carbonyl (C=O) groups is 2. The van der Waals surface area contributed by atoms with E-state index >= 15 is 0 Å². The Bertz CT molecular complexity index is 268. The molecule has 86 valence electrons. The minimum atomic E-state index is -1.26. The van der Waals surface area contributed by atoms with Crippen LogP contribution in [-0.4, -0.2) is 11.9 Å². The maximum atomic E-state index is 11.0. The van der Waals surface area contributed by atoms with Gasteiger partial charge in [-0.15, -0.1) is 0 Å². The van der Waals surface area contributed by atoms with Gasteiger partial charge in [0.05, 0.1) is 0 Å². The number of aliphatic carboxylic acids is 2. The van der Waals surface area contributed by atoms with Crippen LogP contribution in [0.15, 0.2) is 0 Å². The molecule has 0 heterocycles. The van der Waals surface area contributed by atoms with Gasteiger partial charge >= 0.3 is 59.1 Å². The number of carbonyl (C=O) groups excluding carboxylic acids is 2. The second-order valence-corrected chi connectivity index (χ2v) is 4.61. The first-order chi connectivity index (χ1) is 6.95. The fourth-order valence-electron chi connectivity index (χ4n) is 2.58. The average Bonchev–Trinajstić information content (AvgIpc) is 2.16. The molecule has 0 spiro atoms. The maximum absolute atomic E-state index is 11.0. The van der Waals surface area contributed by atoms with Crippen LogP contribution in [0.2, 0.25) is 0 Å². The normalized spacial score (nSPS) is 27.8. The first-order valence-corrected chi connectivity index (χ1v) is 5.37. The molecule has 0 N–H and O–H groups in total. The van der Waals surface area contributed by atoms with Crippen molar-refractivity contribution in [3.63, 3.8) is 0 Å². The molecule has 1 aliphatic carbocycles. The average molecular weight is 258 g/mol. The summed E-state index contributed by atoms with van der Waals surface area (Å²) in [6.07, 6.45) is 1.91. The zero-order valence-electron chi connectivity index (χ0n) is 11.1. The standard InChI is InChI=1S/C11H18O4.2Na/c1-6(2)7-4-3-5-8(10(12)13)9(7)11(14)15;;/h6-9H,3-5H2,1-2H3,(H,12,13)(H,14,15);;/q;2*+1/p-2. The molecule has 6 heteroatoms. The zero-order valence-corrected chi connectivity index (χ0v) is 15.1.